The van der Waals surface area contributed by atoms with Crippen LogP contribution < -0.4 is 0 Å². The van der Waals surface area contributed by atoms with Crippen LogP contribution in [0.3, 0.4) is 0 Å². The van der Waals surface area contributed by atoms with Crippen molar-refractivity contribution in [1.29, 1.82) is 0 Å². The maximum Gasteiger partial charge on any atom is 0.145 e. The summed E-state index contributed by atoms with van der Waals surface area (Å²) in [5.41, 5.74) is 0. The SMILES string of the molecule is C#CCSc1sc(=S)sc1SCC#C. The van der Waals surface area contributed by atoms with E-state index in [-0.39, 0.29) is 0 Å². The summed E-state index contributed by atoms with van der Waals surface area (Å²) in [6, 6.07) is 0. The van der Waals surface area contributed by atoms with Crippen LogP contribution in [-0.4, -0.2) is 11.5 Å². The molecule has 0 fully saturated rings. The van der Waals surface area contributed by atoms with Crippen molar-refractivity contribution in [3.8, 4) is 24.7 Å². The van der Waals surface area contributed by atoms with Crippen LogP contribution in [0, 0.1) is 27.8 Å². The minimum atomic E-state index is 0.686. The molecule has 0 unspecified atom stereocenters. The maximum atomic E-state index is 5.21. The summed E-state index contributed by atoms with van der Waals surface area (Å²) >= 11 is 11.7. The van der Waals surface area contributed by atoms with Crippen molar-refractivity contribution in [3.63, 3.8) is 0 Å². The molecular weight excluding hydrogens is 268 g/mol. The Hall–Kier alpha value is 0.0900. The molecule has 72 valence electrons. The third-order valence-corrected chi connectivity index (χ3v) is 6.48. The smallest absolute Gasteiger partial charge is 0.119 e. The van der Waals surface area contributed by atoms with Gasteiger partial charge in [-0.05, 0) is 0 Å². The van der Waals surface area contributed by atoms with Crippen LogP contribution in [0.2, 0.25) is 0 Å². The van der Waals surface area contributed by atoms with Gasteiger partial charge in [0.1, 0.15) is 3.14 Å². The van der Waals surface area contributed by atoms with E-state index in [9.17, 15) is 0 Å². The Kier molecular flexibility index (Phi) is 5.69. The summed E-state index contributed by atoms with van der Waals surface area (Å²) in [6.07, 6.45) is 10.4. The van der Waals surface area contributed by atoms with Crippen molar-refractivity contribution in [3.05, 3.63) is 3.14 Å². The summed E-state index contributed by atoms with van der Waals surface area (Å²) in [4.78, 5) is 0. The second-order valence-electron chi connectivity index (χ2n) is 2.01. The highest BCUT2D eigenvalue weighted by Crippen LogP contribution is 2.40. The Balaban J connectivity index is 2.76. The number of hydrogen-bond acceptors (Lipinski definition) is 5. The van der Waals surface area contributed by atoms with Gasteiger partial charge in [0, 0.05) is 0 Å². The van der Waals surface area contributed by atoms with E-state index in [4.69, 9.17) is 25.1 Å². The quantitative estimate of drug-likeness (QED) is 0.463. The van der Waals surface area contributed by atoms with Crippen LogP contribution >= 0.6 is 58.4 Å². The normalized spacial score (nSPS) is 9.29. The molecule has 1 heterocycles. The van der Waals surface area contributed by atoms with E-state index in [0.29, 0.717) is 11.5 Å². The average molecular weight is 274 g/mol. The van der Waals surface area contributed by atoms with Gasteiger partial charge >= 0.3 is 0 Å². The van der Waals surface area contributed by atoms with E-state index < -0.39 is 0 Å². The van der Waals surface area contributed by atoms with Gasteiger partial charge in [0.05, 0.1) is 19.9 Å². The predicted molar refractivity (Wildman–Crippen MR) is 72.1 cm³/mol. The summed E-state index contributed by atoms with van der Waals surface area (Å²) in [7, 11) is 0. The Labute approximate surface area is 106 Å². The summed E-state index contributed by atoms with van der Waals surface area (Å²) < 4.78 is 3.35. The van der Waals surface area contributed by atoms with Gasteiger partial charge in [-0.15, -0.1) is 59.0 Å². The third-order valence-electron chi connectivity index (χ3n) is 1.09. The van der Waals surface area contributed by atoms with Crippen molar-refractivity contribution in [2.24, 2.45) is 0 Å². The molecule has 14 heavy (non-hydrogen) atoms. The number of terminal acetylenes is 2. The lowest BCUT2D eigenvalue weighted by Gasteiger charge is -1.96. The molecule has 0 spiro atoms. The number of hydrogen-bond donors (Lipinski definition) is 0. The van der Waals surface area contributed by atoms with Crippen molar-refractivity contribution < 1.29 is 0 Å². The highest BCUT2D eigenvalue weighted by atomic mass is 32.2. The predicted octanol–water partition coefficient (Wildman–Crippen LogP) is 3.99. The molecule has 0 radical (unpaired) electrons. The van der Waals surface area contributed by atoms with Gasteiger partial charge in [-0.3, -0.25) is 0 Å². The molecule has 1 rings (SSSR count). The Bertz CT molecular complexity index is 387. The van der Waals surface area contributed by atoms with Gasteiger partial charge in [-0.25, -0.2) is 0 Å². The fourth-order valence-corrected chi connectivity index (χ4v) is 6.11. The lowest BCUT2D eigenvalue weighted by atomic mass is 10.8. The summed E-state index contributed by atoms with van der Waals surface area (Å²) in [6.45, 7) is 0. The van der Waals surface area contributed by atoms with Gasteiger partial charge in [0.2, 0.25) is 0 Å². The molecule has 5 heteroatoms. The molecule has 0 aliphatic heterocycles. The van der Waals surface area contributed by atoms with Crippen LogP contribution in [0.5, 0.6) is 0 Å². The number of rotatable bonds is 4. The van der Waals surface area contributed by atoms with E-state index >= 15 is 0 Å². The van der Waals surface area contributed by atoms with Crippen LogP contribution in [0.15, 0.2) is 8.42 Å². The molecule has 1 aromatic heterocycles. The highest BCUT2D eigenvalue weighted by molar-refractivity contribution is 8.05. The minimum Gasteiger partial charge on any atom is -0.119 e. The topological polar surface area (TPSA) is 0 Å². The van der Waals surface area contributed by atoms with Crippen LogP contribution in [0.4, 0.5) is 0 Å². The van der Waals surface area contributed by atoms with Gasteiger partial charge in [0.15, 0.2) is 0 Å². The molecule has 0 aliphatic carbocycles. The third kappa shape index (κ3) is 3.68. The minimum absolute atomic E-state index is 0.686. The van der Waals surface area contributed by atoms with E-state index in [0.717, 1.165) is 3.14 Å². The number of thioether (sulfide) groups is 2. The molecule has 0 amide bonds. The van der Waals surface area contributed by atoms with Gasteiger partial charge in [0.25, 0.3) is 0 Å². The van der Waals surface area contributed by atoms with Crippen LogP contribution in [-0.2, 0) is 0 Å². The van der Waals surface area contributed by atoms with Gasteiger partial charge in [-0.2, -0.15) is 0 Å². The first-order valence-electron chi connectivity index (χ1n) is 3.54. The Morgan fingerprint density at radius 1 is 1.07 bits per heavy atom. The molecule has 0 aromatic carbocycles. The molecule has 0 nitrogen and oxygen atoms in total. The summed E-state index contributed by atoms with van der Waals surface area (Å²) in [5.74, 6) is 6.57. The van der Waals surface area contributed by atoms with Crippen molar-refractivity contribution in [2.45, 2.75) is 8.42 Å². The molecule has 0 atom stereocenters. The molecular formula is C9H6S5. The standard InChI is InChI=1S/C9H6S5/c1-3-5-11-7-8(12-6-4-2)14-9(10)13-7/h1-2H,5-6H2. The zero-order valence-electron chi connectivity index (χ0n) is 7.11. The molecule has 1 aromatic rings. The molecule has 0 saturated heterocycles. The first-order chi connectivity index (χ1) is 6.77. The first kappa shape index (κ1) is 12.2. The second-order valence-corrected chi connectivity index (χ2v) is 7.73. The summed E-state index contributed by atoms with van der Waals surface area (Å²) in [5, 5.41) is 0. The van der Waals surface area contributed by atoms with E-state index in [2.05, 4.69) is 11.8 Å². The maximum absolute atomic E-state index is 5.21. The monoisotopic (exact) mass is 274 g/mol. The molecule has 0 aliphatic rings. The lowest BCUT2D eigenvalue weighted by molar-refractivity contribution is 1.52. The first-order valence-corrected chi connectivity index (χ1v) is 7.55. The Morgan fingerprint density at radius 2 is 1.50 bits per heavy atom. The molecule has 0 saturated carbocycles. The highest BCUT2D eigenvalue weighted by Gasteiger charge is 2.07. The molecule has 0 bridgehead atoms. The Morgan fingerprint density at radius 3 is 1.86 bits per heavy atom. The van der Waals surface area contributed by atoms with Crippen LogP contribution in [0.25, 0.3) is 0 Å². The van der Waals surface area contributed by atoms with Crippen molar-refractivity contribution >= 4 is 58.4 Å². The van der Waals surface area contributed by atoms with Gasteiger partial charge in [-0.1, -0.05) is 24.1 Å². The molecule has 0 N–H and O–H groups in total. The van der Waals surface area contributed by atoms with E-state index in [1.807, 2.05) is 0 Å². The fraction of sp³-hybridized carbons (Fsp3) is 0.222. The lowest BCUT2D eigenvalue weighted by Crippen LogP contribution is -1.73. The zero-order chi connectivity index (χ0) is 10.4. The van der Waals surface area contributed by atoms with Crippen molar-refractivity contribution in [2.75, 3.05) is 11.5 Å². The van der Waals surface area contributed by atoms with Crippen LogP contribution in [0.1, 0.15) is 0 Å². The van der Waals surface area contributed by atoms with Gasteiger partial charge < -0.3 is 0 Å². The van der Waals surface area contributed by atoms with E-state index in [1.165, 1.54) is 8.42 Å². The largest absolute Gasteiger partial charge is 0.145 e. The average Bonchev–Trinajstić information content (AvgIpc) is 2.52. The van der Waals surface area contributed by atoms with Crippen molar-refractivity contribution in [1.82, 2.24) is 0 Å². The zero-order valence-corrected chi connectivity index (χ0v) is 11.2. The van der Waals surface area contributed by atoms with E-state index in [1.54, 1.807) is 46.2 Å². The fourth-order valence-electron chi connectivity index (χ4n) is 0.647. The second kappa shape index (κ2) is 6.55.